The van der Waals surface area contributed by atoms with Crippen molar-refractivity contribution in [3.8, 4) is 5.75 Å². The molecule has 2 N–H and O–H groups in total. The highest BCUT2D eigenvalue weighted by Gasteiger charge is 2.07. The minimum absolute atomic E-state index is 0.609. The van der Waals surface area contributed by atoms with Gasteiger partial charge in [0.2, 0.25) is 0 Å². The lowest BCUT2D eigenvalue weighted by Crippen LogP contribution is -2.06. The molecular weight excluding hydrogens is 234 g/mol. The van der Waals surface area contributed by atoms with E-state index in [-0.39, 0.29) is 0 Å². The van der Waals surface area contributed by atoms with Crippen LogP contribution in [0.3, 0.4) is 0 Å². The van der Waals surface area contributed by atoms with E-state index < -0.39 is 0 Å². The summed E-state index contributed by atoms with van der Waals surface area (Å²) in [4.78, 5) is 0. The van der Waals surface area contributed by atoms with Crippen LogP contribution < -0.4 is 10.5 Å². The Bertz CT molecular complexity index is 583. The first-order valence-electron chi connectivity index (χ1n) is 6.69. The molecule has 0 aliphatic heterocycles. The maximum Gasteiger partial charge on any atom is 0.123 e. The highest BCUT2D eigenvalue weighted by molar-refractivity contribution is 5.87. The fraction of sp³-hybridized carbons (Fsp3) is 0.294. The third-order valence-electron chi connectivity index (χ3n) is 3.12. The molecule has 0 heterocycles. The standard InChI is InChI=1S/C17H21NO/c1-13(2)10-12-19-17-8-7-14-5-3-4-6-15(14)16(17)9-11-18/h3-8,10H,9,11-12,18H2,1-2H3. The lowest BCUT2D eigenvalue weighted by molar-refractivity contribution is 0.358. The Hall–Kier alpha value is -1.80. The SMILES string of the molecule is CC(C)=CCOc1ccc2ccccc2c1CCN. The molecule has 100 valence electrons. The average Bonchev–Trinajstić information content (AvgIpc) is 2.41. The highest BCUT2D eigenvalue weighted by Crippen LogP contribution is 2.28. The smallest absolute Gasteiger partial charge is 0.123 e. The van der Waals surface area contributed by atoms with Crippen molar-refractivity contribution < 1.29 is 4.74 Å². The summed E-state index contributed by atoms with van der Waals surface area (Å²) in [5.41, 5.74) is 8.21. The minimum Gasteiger partial charge on any atom is -0.489 e. The molecule has 0 radical (unpaired) electrons. The zero-order valence-electron chi connectivity index (χ0n) is 11.6. The Morgan fingerprint density at radius 2 is 1.95 bits per heavy atom. The Labute approximate surface area is 114 Å². The monoisotopic (exact) mass is 255 g/mol. The summed E-state index contributed by atoms with van der Waals surface area (Å²) in [6.07, 6.45) is 2.92. The maximum atomic E-state index is 5.88. The molecule has 0 saturated carbocycles. The summed E-state index contributed by atoms with van der Waals surface area (Å²) < 4.78 is 5.88. The van der Waals surface area contributed by atoms with Crippen LogP contribution in [-0.2, 0) is 6.42 Å². The van der Waals surface area contributed by atoms with Crippen molar-refractivity contribution in [2.75, 3.05) is 13.2 Å². The van der Waals surface area contributed by atoms with E-state index in [9.17, 15) is 0 Å². The van der Waals surface area contributed by atoms with Crippen LogP contribution in [0.5, 0.6) is 5.75 Å². The lowest BCUT2D eigenvalue weighted by atomic mass is 10.0. The zero-order chi connectivity index (χ0) is 13.7. The van der Waals surface area contributed by atoms with Gasteiger partial charge in [0.15, 0.2) is 0 Å². The summed E-state index contributed by atoms with van der Waals surface area (Å²) in [5.74, 6) is 0.946. The largest absolute Gasteiger partial charge is 0.489 e. The summed E-state index contributed by atoms with van der Waals surface area (Å²) in [7, 11) is 0. The number of allylic oxidation sites excluding steroid dienone is 1. The number of ether oxygens (including phenoxy) is 1. The van der Waals surface area contributed by atoms with Gasteiger partial charge in [0.25, 0.3) is 0 Å². The van der Waals surface area contributed by atoms with Crippen molar-refractivity contribution in [1.82, 2.24) is 0 Å². The lowest BCUT2D eigenvalue weighted by Gasteiger charge is -2.13. The first-order chi connectivity index (χ1) is 9.22. The van der Waals surface area contributed by atoms with Crippen molar-refractivity contribution in [2.24, 2.45) is 5.73 Å². The van der Waals surface area contributed by atoms with E-state index in [0.717, 1.165) is 12.2 Å². The van der Waals surface area contributed by atoms with Crippen LogP contribution in [0.15, 0.2) is 48.0 Å². The molecule has 2 nitrogen and oxygen atoms in total. The summed E-state index contributed by atoms with van der Waals surface area (Å²) in [6.45, 7) is 5.39. The van der Waals surface area contributed by atoms with Gasteiger partial charge in [-0.1, -0.05) is 35.9 Å². The van der Waals surface area contributed by atoms with Crippen LogP contribution in [0.4, 0.5) is 0 Å². The molecule has 0 fully saturated rings. The average molecular weight is 255 g/mol. The number of benzene rings is 2. The molecule has 2 aromatic rings. The van der Waals surface area contributed by atoms with E-state index in [1.807, 2.05) is 6.07 Å². The van der Waals surface area contributed by atoms with Gasteiger partial charge in [0, 0.05) is 5.56 Å². The molecule has 0 bridgehead atoms. The van der Waals surface area contributed by atoms with Gasteiger partial charge in [-0.05, 0) is 49.7 Å². The summed E-state index contributed by atoms with van der Waals surface area (Å²) >= 11 is 0. The van der Waals surface area contributed by atoms with Crippen molar-refractivity contribution in [3.63, 3.8) is 0 Å². The number of hydrogen-bond acceptors (Lipinski definition) is 2. The van der Waals surface area contributed by atoms with Gasteiger partial charge in [0.05, 0.1) is 0 Å². The molecule has 2 aromatic carbocycles. The van der Waals surface area contributed by atoms with E-state index in [4.69, 9.17) is 10.5 Å². The van der Waals surface area contributed by atoms with Crippen LogP contribution >= 0.6 is 0 Å². The van der Waals surface area contributed by atoms with E-state index in [1.165, 1.54) is 21.9 Å². The third kappa shape index (κ3) is 3.36. The summed E-state index contributed by atoms with van der Waals surface area (Å²) in [5, 5.41) is 2.48. The second kappa shape index (κ2) is 6.39. The van der Waals surface area contributed by atoms with Gasteiger partial charge in [0.1, 0.15) is 12.4 Å². The van der Waals surface area contributed by atoms with Crippen LogP contribution in [0, 0.1) is 0 Å². The molecule has 0 aromatic heterocycles. The topological polar surface area (TPSA) is 35.2 Å². The minimum atomic E-state index is 0.609. The van der Waals surface area contributed by atoms with Crippen LogP contribution in [0.2, 0.25) is 0 Å². The second-order valence-electron chi connectivity index (χ2n) is 4.89. The zero-order valence-corrected chi connectivity index (χ0v) is 11.6. The molecule has 2 heteroatoms. The van der Waals surface area contributed by atoms with E-state index in [1.54, 1.807) is 0 Å². The quantitative estimate of drug-likeness (QED) is 0.827. The first-order valence-corrected chi connectivity index (χ1v) is 6.69. The van der Waals surface area contributed by atoms with E-state index in [0.29, 0.717) is 13.2 Å². The normalized spacial score (nSPS) is 10.5. The van der Waals surface area contributed by atoms with Crippen molar-refractivity contribution in [1.29, 1.82) is 0 Å². The molecule has 0 spiro atoms. The Morgan fingerprint density at radius 3 is 2.68 bits per heavy atom. The van der Waals surface area contributed by atoms with Gasteiger partial charge >= 0.3 is 0 Å². The molecule has 0 aliphatic carbocycles. The van der Waals surface area contributed by atoms with E-state index >= 15 is 0 Å². The van der Waals surface area contributed by atoms with Crippen molar-refractivity contribution in [2.45, 2.75) is 20.3 Å². The molecule has 0 aliphatic rings. The number of fused-ring (bicyclic) bond motifs is 1. The van der Waals surface area contributed by atoms with Gasteiger partial charge in [-0.15, -0.1) is 0 Å². The Kier molecular flexibility index (Phi) is 4.58. The molecule has 0 atom stereocenters. The number of rotatable bonds is 5. The van der Waals surface area contributed by atoms with Crippen LogP contribution in [0.25, 0.3) is 10.8 Å². The molecule has 0 saturated heterocycles. The fourth-order valence-electron chi connectivity index (χ4n) is 2.15. The highest BCUT2D eigenvalue weighted by atomic mass is 16.5. The molecule has 0 unspecified atom stereocenters. The predicted molar refractivity (Wildman–Crippen MR) is 81.6 cm³/mol. The predicted octanol–water partition coefficient (Wildman–Crippen LogP) is 3.69. The van der Waals surface area contributed by atoms with Crippen LogP contribution in [0.1, 0.15) is 19.4 Å². The molecule has 19 heavy (non-hydrogen) atoms. The molecule has 0 amide bonds. The third-order valence-corrected chi connectivity index (χ3v) is 3.12. The van der Waals surface area contributed by atoms with E-state index in [2.05, 4.69) is 50.3 Å². The van der Waals surface area contributed by atoms with Gasteiger partial charge in [-0.25, -0.2) is 0 Å². The molecular formula is C17H21NO. The Morgan fingerprint density at radius 1 is 1.16 bits per heavy atom. The van der Waals surface area contributed by atoms with Gasteiger partial charge in [-0.3, -0.25) is 0 Å². The Balaban J connectivity index is 2.36. The van der Waals surface area contributed by atoms with Crippen molar-refractivity contribution in [3.05, 3.63) is 53.6 Å². The number of nitrogens with two attached hydrogens (primary N) is 1. The van der Waals surface area contributed by atoms with Gasteiger partial charge < -0.3 is 10.5 Å². The number of hydrogen-bond donors (Lipinski definition) is 1. The van der Waals surface area contributed by atoms with Crippen LogP contribution in [-0.4, -0.2) is 13.2 Å². The first kappa shape index (κ1) is 13.6. The molecule has 2 rings (SSSR count). The maximum absolute atomic E-state index is 5.88. The summed E-state index contributed by atoms with van der Waals surface area (Å²) in [6, 6.07) is 12.5. The van der Waals surface area contributed by atoms with Gasteiger partial charge in [-0.2, -0.15) is 0 Å². The van der Waals surface area contributed by atoms with Crippen molar-refractivity contribution >= 4 is 10.8 Å². The second-order valence-corrected chi connectivity index (χ2v) is 4.89. The fourth-order valence-corrected chi connectivity index (χ4v) is 2.15.